The number of aromatic nitrogens is 3. The summed E-state index contributed by atoms with van der Waals surface area (Å²) in [5.41, 5.74) is 6.82. The van der Waals surface area contributed by atoms with Crippen molar-refractivity contribution in [3.8, 4) is 45.7 Å². The van der Waals surface area contributed by atoms with Crippen molar-refractivity contribution >= 4 is 0 Å². The van der Waals surface area contributed by atoms with Crippen LogP contribution in [0.3, 0.4) is 0 Å². The Kier molecular flexibility index (Phi) is 14.8. The van der Waals surface area contributed by atoms with E-state index in [2.05, 4.69) is 45.9 Å². The molecule has 3 aromatic carbocycles. The molecule has 48 heavy (non-hydrogen) atoms. The molecule has 1 unspecified atom stereocenters. The maximum absolute atomic E-state index is 11.1. The summed E-state index contributed by atoms with van der Waals surface area (Å²) < 4.78 is 11.5. The Morgan fingerprint density at radius 2 is 1.23 bits per heavy atom. The number of hydrogen-bond donors (Lipinski definition) is 2. The van der Waals surface area contributed by atoms with Crippen LogP contribution in [0.4, 0.5) is 0 Å². The molecule has 0 spiro atoms. The molecule has 4 aromatic rings. The summed E-state index contributed by atoms with van der Waals surface area (Å²) in [4.78, 5) is 14.4. The number of rotatable bonds is 20. The van der Waals surface area contributed by atoms with Crippen LogP contribution in [0.5, 0.6) is 11.5 Å². The van der Waals surface area contributed by atoms with Crippen molar-refractivity contribution in [2.45, 2.75) is 111 Å². The van der Waals surface area contributed by atoms with Crippen molar-refractivity contribution < 1.29 is 19.7 Å². The molecule has 1 aromatic heterocycles. The van der Waals surface area contributed by atoms with E-state index < -0.39 is 6.10 Å². The van der Waals surface area contributed by atoms with E-state index in [0.29, 0.717) is 35.4 Å². The number of ether oxygens (including phenoxy) is 2. The monoisotopic (exact) mass is 653 g/mol. The van der Waals surface area contributed by atoms with Crippen LogP contribution in [0, 0.1) is 27.7 Å². The molecule has 0 bridgehead atoms. The van der Waals surface area contributed by atoms with Crippen LogP contribution in [0.2, 0.25) is 0 Å². The highest BCUT2D eigenvalue weighted by molar-refractivity contribution is 5.71. The summed E-state index contributed by atoms with van der Waals surface area (Å²) in [6.07, 6.45) is 13.4. The molecule has 0 saturated carbocycles. The van der Waals surface area contributed by atoms with Crippen LogP contribution < -0.4 is 4.74 Å². The van der Waals surface area contributed by atoms with Gasteiger partial charge in [0, 0.05) is 23.8 Å². The summed E-state index contributed by atoms with van der Waals surface area (Å²) >= 11 is 0. The fourth-order valence-corrected chi connectivity index (χ4v) is 5.81. The van der Waals surface area contributed by atoms with Gasteiger partial charge in [-0.05, 0) is 69.0 Å². The van der Waals surface area contributed by atoms with E-state index in [1.54, 1.807) is 12.1 Å². The minimum absolute atomic E-state index is 0.0152. The van der Waals surface area contributed by atoms with Gasteiger partial charge in [0.1, 0.15) is 24.2 Å². The molecule has 1 heterocycles. The van der Waals surface area contributed by atoms with Crippen molar-refractivity contribution in [3.63, 3.8) is 0 Å². The molecule has 0 aliphatic rings. The number of aliphatic hydroxyl groups is 1. The summed E-state index contributed by atoms with van der Waals surface area (Å²) in [6.45, 7) is 11.4. The van der Waals surface area contributed by atoms with Crippen molar-refractivity contribution in [2.75, 3.05) is 19.8 Å². The highest BCUT2D eigenvalue weighted by Gasteiger charge is 2.17. The van der Waals surface area contributed by atoms with E-state index in [-0.39, 0.29) is 19.0 Å². The first-order chi connectivity index (χ1) is 23.2. The zero-order valence-electron chi connectivity index (χ0n) is 29.7. The smallest absolute Gasteiger partial charge is 0.167 e. The number of aryl methyl sites for hydroxylation is 4. The zero-order chi connectivity index (χ0) is 34.3. The Labute approximate surface area is 287 Å². The maximum atomic E-state index is 11.1. The fraction of sp³-hybridized carbons (Fsp3) is 0.488. The topological polar surface area (TPSA) is 97.6 Å². The van der Waals surface area contributed by atoms with Gasteiger partial charge < -0.3 is 19.7 Å². The number of aromatic hydroxyl groups is 1. The highest BCUT2D eigenvalue weighted by Crippen LogP contribution is 2.33. The average Bonchev–Trinajstić information content (AvgIpc) is 3.07. The summed E-state index contributed by atoms with van der Waals surface area (Å²) in [7, 11) is 0. The molecule has 0 aliphatic carbocycles. The van der Waals surface area contributed by atoms with E-state index in [1.165, 1.54) is 69.4 Å². The van der Waals surface area contributed by atoms with Crippen LogP contribution in [-0.2, 0) is 4.74 Å². The minimum atomic E-state index is -0.760. The van der Waals surface area contributed by atoms with Crippen LogP contribution >= 0.6 is 0 Å². The van der Waals surface area contributed by atoms with Crippen molar-refractivity contribution in [1.82, 2.24) is 15.0 Å². The fourth-order valence-electron chi connectivity index (χ4n) is 5.81. The minimum Gasteiger partial charge on any atom is -0.507 e. The lowest BCUT2D eigenvalue weighted by atomic mass is 10.0. The van der Waals surface area contributed by atoms with E-state index in [0.717, 1.165) is 40.7 Å². The Morgan fingerprint density at radius 3 is 1.88 bits per heavy atom. The lowest BCUT2D eigenvalue weighted by Crippen LogP contribution is -2.23. The van der Waals surface area contributed by atoms with Gasteiger partial charge >= 0.3 is 0 Å². The Hall–Kier alpha value is -3.81. The summed E-state index contributed by atoms with van der Waals surface area (Å²) in [5.74, 6) is 1.88. The van der Waals surface area contributed by atoms with Gasteiger partial charge in [-0.1, -0.05) is 107 Å². The Morgan fingerprint density at radius 1 is 0.604 bits per heavy atom. The zero-order valence-corrected chi connectivity index (χ0v) is 29.7. The van der Waals surface area contributed by atoms with E-state index in [1.807, 2.05) is 25.1 Å². The highest BCUT2D eigenvalue weighted by atomic mass is 16.5. The van der Waals surface area contributed by atoms with Crippen molar-refractivity contribution in [1.29, 1.82) is 0 Å². The molecular formula is C41H55N3O4. The Balaban J connectivity index is 1.31. The number of hydrogen-bond acceptors (Lipinski definition) is 7. The number of aliphatic hydroxyl groups excluding tert-OH is 1. The second kappa shape index (κ2) is 19.3. The van der Waals surface area contributed by atoms with Gasteiger partial charge in [0.2, 0.25) is 0 Å². The Bertz CT molecular complexity index is 1590. The van der Waals surface area contributed by atoms with Gasteiger partial charge in [-0.25, -0.2) is 15.0 Å². The molecule has 4 rings (SSSR count). The third-order valence-corrected chi connectivity index (χ3v) is 8.88. The SMILES string of the molecule is CCCCCCCCCCCCCOCC(O)COc1ccc(-c2nc(-c3ccc(C)c(C)c3)nc(-c3ccc(C)cc3C)n2)c(O)c1. The first-order valence-electron chi connectivity index (χ1n) is 17.9. The molecule has 0 saturated heterocycles. The predicted molar refractivity (Wildman–Crippen MR) is 196 cm³/mol. The van der Waals surface area contributed by atoms with Crippen molar-refractivity contribution in [3.05, 3.63) is 76.9 Å². The number of unbranched alkanes of at least 4 members (excludes halogenated alkanes) is 10. The average molecular weight is 654 g/mol. The summed E-state index contributed by atoms with van der Waals surface area (Å²) in [5, 5.41) is 21.5. The first kappa shape index (κ1) is 37.0. The molecule has 0 fully saturated rings. The van der Waals surface area contributed by atoms with E-state index in [4.69, 9.17) is 24.4 Å². The largest absolute Gasteiger partial charge is 0.507 e. The lowest BCUT2D eigenvalue weighted by Gasteiger charge is -2.14. The third-order valence-electron chi connectivity index (χ3n) is 8.88. The number of phenolic OH excluding ortho intramolecular Hbond substituents is 1. The number of phenols is 1. The second-order valence-corrected chi connectivity index (χ2v) is 13.2. The van der Waals surface area contributed by atoms with E-state index >= 15 is 0 Å². The molecule has 258 valence electrons. The van der Waals surface area contributed by atoms with Gasteiger partial charge in [0.15, 0.2) is 17.5 Å². The van der Waals surface area contributed by atoms with Gasteiger partial charge in [-0.3, -0.25) is 0 Å². The molecule has 7 heteroatoms. The van der Waals surface area contributed by atoms with E-state index in [9.17, 15) is 10.2 Å². The van der Waals surface area contributed by atoms with Gasteiger partial charge in [0.05, 0.1) is 12.2 Å². The molecular weight excluding hydrogens is 598 g/mol. The lowest BCUT2D eigenvalue weighted by molar-refractivity contribution is 0.0109. The molecule has 2 N–H and O–H groups in total. The second-order valence-electron chi connectivity index (χ2n) is 13.2. The number of nitrogens with zero attached hydrogens (tertiary/aromatic N) is 3. The normalized spacial score (nSPS) is 12.0. The summed E-state index contributed by atoms with van der Waals surface area (Å²) in [6, 6.07) is 17.4. The molecule has 1 atom stereocenters. The van der Waals surface area contributed by atoms with Crippen LogP contribution in [0.15, 0.2) is 54.6 Å². The molecule has 0 aliphatic heterocycles. The first-order valence-corrected chi connectivity index (χ1v) is 17.9. The van der Waals surface area contributed by atoms with Crippen LogP contribution in [0.1, 0.15) is 99.8 Å². The third kappa shape index (κ3) is 11.4. The van der Waals surface area contributed by atoms with Crippen LogP contribution in [-0.4, -0.2) is 51.1 Å². The maximum Gasteiger partial charge on any atom is 0.167 e. The van der Waals surface area contributed by atoms with Crippen molar-refractivity contribution in [2.24, 2.45) is 0 Å². The van der Waals surface area contributed by atoms with Gasteiger partial charge in [0.25, 0.3) is 0 Å². The molecule has 0 amide bonds. The quantitative estimate of drug-likeness (QED) is 0.0916. The molecule has 0 radical (unpaired) electrons. The number of benzene rings is 3. The standard InChI is InChI=1S/C41H55N3O4/c1-6-7-8-9-10-11-12-13-14-15-16-23-47-27-34(45)28-48-35-20-22-37(38(46)26-35)41-43-39(33-19-18-30(3)31(4)25-33)42-40(44-41)36-21-17-29(2)24-32(36)5/h17-22,24-26,34,45-46H,6-16,23,27-28H2,1-5H3. The van der Waals surface area contributed by atoms with Crippen LogP contribution in [0.25, 0.3) is 34.2 Å². The molecule has 7 nitrogen and oxygen atoms in total. The van der Waals surface area contributed by atoms with Gasteiger partial charge in [-0.15, -0.1) is 0 Å². The predicted octanol–water partition coefficient (Wildman–Crippen LogP) is 9.88. The van der Waals surface area contributed by atoms with Gasteiger partial charge in [-0.2, -0.15) is 0 Å².